The second-order valence-corrected chi connectivity index (χ2v) is 4.63. The first kappa shape index (κ1) is 16.8. The number of aliphatic hydroxyl groups is 1. The minimum absolute atomic E-state index is 0.119. The van der Waals surface area contributed by atoms with Crippen molar-refractivity contribution in [2.75, 3.05) is 35.5 Å². The second-order valence-electron chi connectivity index (χ2n) is 4.63. The van der Waals surface area contributed by atoms with E-state index in [-0.39, 0.29) is 29.6 Å². The van der Waals surface area contributed by atoms with E-state index < -0.39 is 0 Å². The Labute approximate surface area is 133 Å². The summed E-state index contributed by atoms with van der Waals surface area (Å²) in [7, 11) is 7.24. The van der Waals surface area contributed by atoms with Crippen LogP contribution in [0.15, 0.2) is 6.07 Å². The predicted octanol–water partition coefficient (Wildman–Crippen LogP) is 2.08. The van der Waals surface area contributed by atoms with E-state index in [9.17, 15) is 10.2 Å². The summed E-state index contributed by atoms with van der Waals surface area (Å²) in [5.74, 6) is 1.10. The molecule has 2 N–H and O–H groups in total. The molecule has 0 amide bonds. The van der Waals surface area contributed by atoms with Crippen LogP contribution in [0, 0.1) is 0 Å². The zero-order valence-corrected chi connectivity index (χ0v) is 13.7. The molecule has 0 bridgehead atoms. The van der Waals surface area contributed by atoms with Gasteiger partial charge in [-0.15, -0.1) is 0 Å². The van der Waals surface area contributed by atoms with E-state index in [2.05, 4.69) is 0 Å². The Morgan fingerprint density at radius 2 is 1.30 bits per heavy atom. The molecule has 0 aliphatic carbocycles. The summed E-state index contributed by atoms with van der Waals surface area (Å²) in [4.78, 5) is 0. The van der Waals surface area contributed by atoms with Crippen molar-refractivity contribution in [3.05, 3.63) is 11.6 Å². The normalized spacial score (nSPS) is 10.5. The van der Waals surface area contributed by atoms with Gasteiger partial charge in [0.25, 0.3) is 0 Å². The third-order valence-corrected chi connectivity index (χ3v) is 3.62. The third-order valence-electron chi connectivity index (χ3n) is 3.62. The molecule has 7 nitrogen and oxygen atoms in total. The van der Waals surface area contributed by atoms with Crippen LogP contribution in [0.2, 0.25) is 0 Å². The summed E-state index contributed by atoms with van der Waals surface area (Å²) in [5, 5.41) is 21.0. The predicted molar refractivity (Wildman–Crippen MR) is 84.3 cm³/mol. The third kappa shape index (κ3) is 2.43. The lowest BCUT2D eigenvalue weighted by molar-refractivity contribution is 0.273. The largest absolute Gasteiger partial charge is 0.502 e. The van der Waals surface area contributed by atoms with Gasteiger partial charge in [-0.05, 0) is 6.07 Å². The molecule has 7 heteroatoms. The molecule has 0 atom stereocenters. The lowest BCUT2D eigenvalue weighted by Gasteiger charge is -2.21. The lowest BCUT2D eigenvalue weighted by atomic mass is 10.0. The van der Waals surface area contributed by atoms with Gasteiger partial charge in [0.15, 0.2) is 11.5 Å². The molecule has 23 heavy (non-hydrogen) atoms. The fourth-order valence-electron chi connectivity index (χ4n) is 2.67. The number of fused-ring (bicyclic) bond motifs is 1. The van der Waals surface area contributed by atoms with Gasteiger partial charge in [-0.3, -0.25) is 0 Å². The van der Waals surface area contributed by atoms with Crippen molar-refractivity contribution in [1.82, 2.24) is 0 Å². The first-order chi connectivity index (χ1) is 11.1. The fourth-order valence-corrected chi connectivity index (χ4v) is 2.67. The van der Waals surface area contributed by atoms with Gasteiger partial charge in [0.05, 0.1) is 52.9 Å². The highest BCUT2D eigenvalue weighted by Crippen LogP contribution is 2.56. The van der Waals surface area contributed by atoms with Crippen molar-refractivity contribution >= 4 is 10.8 Å². The molecule has 0 saturated carbocycles. The molecule has 0 aliphatic heterocycles. The van der Waals surface area contributed by atoms with Gasteiger partial charge in [-0.25, -0.2) is 0 Å². The molecule has 0 saturated heterocycles. The summed E-state index contributed by atoms with van der Waals surface area (Å²) in [6, 6.07) is 1.64. The van der Waals surface area contributed by atoms with Crippen LogP contribution in [-0.2, 0) is 6.61 Å². The average Bonchev–Trinajstić information content (AvgIpc) is 2.58. The van der Waals surface area contributed by atoms with E-state index >= 15 is 0 Å². The smallest absolute Gasteiger partial charge is 0.207 e. The molecular formula is C16H20O7. The van der Waals surface area contributed by atoms with E-state index in [0.717, 1.165) is 0 Å². The van der Waals surface area contributed by atoms with Crippen molar-refractivity contribution in [3.8, 4) is 34.5 Å². The minimum Gasteiger partial charge on any atom is -0.502 e. The van der Waals surface area contributed by atoms with E-state index in [1.165, 1.54) is 35.5 Å². The summed E-state index contributed by atoms with van der Waals surface area (Å²) >= 11 is 0. The maximum atomic E-state index is 10.5. The number of aromatic hydroxyl groups is 1. The average molecular weight is 324 g/mol. The molecule has 2 aromatic rings. The van der Waals surface area contributed by atoms with Crippen molar-refractivity contribution in [1.29, 1.82) is 0 Å². The van der Waals surface area contributed by atoms with Crippen LogP contribution in [0.25, 0.3) is 10.8 Å². The molecule has 0 unspecified atom stereocenters. The molecule has 0 spiro atoms. The minimum atomic E-state index is -0.270. The first-order valence-electron chi connectivity index (χ1n) is 6.78. The Bertz CT molecular complexity index is 725. The summed E-state index contributed by atoms with van der Waals surface area (Å²) in [5.41, 5.74) is 0.488. The number of hydrogen-bond acceptors (Lipinski definition) is 7. The van der Waals surface area contributed by atoms with Crippen LogP contribution in [0.3, 0.4) is 0 Å². The van der Waals surface area contributed by atoms with Crippen molar-refractivity contribution in [2.24, 2.45) is 0 Å². The van der Waals surface area contributed by atoms with Gasteiger partial charge in [-0.2, -0.15) is 0 Å². The van der Waals surface area contributed by atoms with Gasteiger partial charge in [0, 0.05) is 5.56 Å². The van der Waals surface area contributed by atoms with E-state index in [1.807, 2.05) is 0 Å². The molecule has 0 heterocycles. The van der Waals surface area contributed by atoms with Crippen LogP contribution in [0.5, 0.6) is 34.5 Å². The van der Waals surface area contributed by atoms with Crippen molar-refractivity contribution < 1.29 is 33.9 Å². The van der Waals surface area contributed by atoms with Crippen molar-refractivity contribution in [3.63, 3.8) is 0 Å². The summed E-state index contributed by atoms with van der Waals surface area (Å²) in [6.45, 7) is -0.270. The van der Waals surface area contributed by atoms with Crippen LogP contribution in [0.1, 0.15) is 5.56 Å². The van der Waals surface area contributed by atoms with Gasteiger partial charge in [-0.1, -0.05) is 0 Å². The molecule has 0 fully saturated rings. The molecule has 2 rings (SSSR count). The van der Waals surface area contributed by atoms with Crippen LogP contribution >= 0.6 is 0 Å². The van der Waals surface area contributed by atoms with E-state index in [1.54, 1.807) is 6.07 Å². The number of methoxy groups -OCH3 is 5. The number of aliphatic hydroxyl groups excluding tert-OH is 1. The standard InChI is InChI=1S/C16H20O7/c1-19-9-6-8(7-17)13(20-2)11-10(9)15(22-4)16(23-5)12(18)14(11)21-3/h6,17-18H,7H2,1-5H3. The maximum Gasteiger partial charge on any atom is 0.207 e. The molecule has 0 aromatic heterocycles. The van der Waals surface area contributed by atoms with Gasteiger partial charge in [0.1, 0.15) is 11.5 Å². The molecule has 2 aromatic carbocycles. The van der Waals surface area contributed by atoms with E-state index in [4.69, 9.17) is 23.7 Å². The zero-order chi connectivity index (χ0) is 17.1. The van der Waals surface area contributed by atoms with Gasteiger partial charge >= 0.3 is 0 Å². The number of phenolic OH excluding ortho intramolecular Hbond substituents is 1. The number of hydrogen-bond donors (Lipinski definition) is 2. The first-order valence-corrected chi connectivity index (χ1v) is 6.78. The number of rotatable bonds is 6. The quantitative estimate of drug-likeness (QED) is 0.841. The van der Waals surface area contributed by atoms with Gasteiger partial charge < -0.3 is 33.9 Å². The number of phenols is 1. The Morgan fingerprint density at radius 1 is 0.739 bits per heavy atom. The molecular weight excluding hydrogens is 304 g/mol. The molecule has 126 valence electrons. The maximum absolute atomic E-state index is 10.5. The monoisotopic (exact) mass is 324 g/mol. The Morgan fingerprint density at radius 3 is 1.74 bits per heavy atom. The van der Waals surface area contributed by atoms with E-state index in [0.29, 0.717) is 27.8 Å². The Balaban J connectivity index is 3.16. The zero-order valence-electron chi connectivity index (χ0n) is 13.7. The van der Waals surface area contributed by atoms with Gasteiger partial charge in [0.2, 0.25) is 11.5 Å². The topological polar surface area (TPSA) is 86.6 Å². The SMILES string of the molecule is COc1c(O)c(OC)c2c(OC)c(CO)cc(OC)c2c1OC. The highest BCUT2D eigenvalue weighted by molar-refractivity contribution is 6.06. The molecule has 0 aliphatic rings. The second kappa shape index (κ2) is 6.70. The number of benzene rings is 2. The van der Waals surface area contributed by atoms with Crippen molar-refractivity contribution in [2.45, 2.75) is 6.61 Å². The Kier molecular flexibility index (Phi) is 4.90. The summed E-state index contributed by atoms with van der Waals surface area (Å²) in [6.07, 6.45) is 0. The molecule has 0 radical (unpaired) electrons. The fraction of sp³-hybridized carbons (Fsp3) is 0.375. The summed E-state index contributed by atoms with van der Waals surface area (Å²) < 4.78 is 26.8. The Hall–Kier alpha value is -2.54. The van der Waals surface area contributed by atoms with Crippen LogP contribution in [-0.4, -0.2) is 45.8 Å². The van der Waals surface area contributed by atoms with Crippen LogP contribution in [0.4, 0.5) is 0 Å². The number of ether oxygens (including phenoxy) is 5. The highest BCUT2D eigenvalue weighted by Gasteiger charge is 2.28. The lowest BCUT2D eigenvalue weighted by Crippen LogP contribution is -2.01. The van der Waals surface area contributed by atoms with Crippen LogP contribution < -0.4 is 23.7 Å². The highest BCUT2D eigenvalue weighted by atomic mass is 16.5.